The first-order chi connectivity index (χ1) is 15.4. The van der Waals surface area contributed by atoms with Crippen molar-refractivity contribution in [2.45, 2.75) is 22.3 Å². The van der Waals surface area contributed by atoms with Gasteiger partial charge < -0.3 is 15.1 Å². The third-order valence-electron chi connectivity index (χ3n) is 5.48. The quantitative estimate of drug-likeness (QED) is 0.537. The lowest BCUT2D eigenvalue weighted by molar-refractivity contribution is -0.134. The van der Waals surface area contributed by atoms with Crippen molar-refractivity contribution in [1.82, 2.24) is 9.80 Å². The second-order valence-corrected chi connectivity index (χ2v) is 8.78. The molecule has 0 bridgehead atoms. The van der Waals surface area contributed by atoms with Crippen LogP contribution in [-0.2, 0) is 16.0 Å². The van der Waals surface area contributed by atoms with Crippen LogP contribution in [0.15, 0.2) is 64.4 Å². The van der Waals surface area contributed by atoms with Gasteiger partial charge in [-0.25, -0.2) is 9.59 Å². The molecule has 8 heteroatoms. The molecule has 0 aliphatic carbocycles. The largest absolute Gasteiger partial charge is 0.478 e. The highest BCUT2D eigenvalue weighted by Gasteiger charge is 2.29. The second-order valence-electron chi connectivity index (χ2n) is 7.69. The molecule has 1 saturated heterocycles. The summed E-state index contributed by atoms with van der Waals surface area (Å²) in [5.41, 5.74) is 3.50. The Morgan fingerprint density at radius 3 is 2.25 bits per heavy atom. The van der Waals surface area contributed by atoms with Crippen LogP contribution in [0, 0.1) is 0 Å². The Balaban J connectivity index is 0.000000312. The maximum Gasteiger partial charge on any atom is 0.328 e. The summed E-state index contributed by atoms with van der Waals surface area (Å²) in [6.07, 6.45) is 3.09. The van der Waals surface area contributed by atoms with Gasteiger partial charge in [0.25, 0.3) is 0 Å². The lowest BCUT2D eigenvalue weighted by atomic mass is 9.95. The molecule has 2 N–H and O–H groups in total. The molecule has 0 saturated carbocycles. The monoisotopic (exact) mass is 454 g/mol. The molecule has 2 aliphatic rings. The molecule has 0 aromatic heterocycles. The van der Waals surface area contributed by atoms with Crippen molar-refractivity contribution < 1.29 is 24.6 Å². The summed E-state index contributed by atoms with van der Waals surface area (Å²) in [4.78, 5) is 38.0. The van der Waals surface area contributed by atoms with Crippen LogP contribution in [0.3, 0.4) is 0 Å². The van der Waals surface area contributed by atoms with Crippen LogP contribution >= 0.6 is 11.8 Å². The van der Waals surface area contributed by atoms with Crippen LogP contribution in [0.2, 0.25) is 0 Å². The molecule has 1 atom stereocenters. The summed E-state index contributed by atoms with van der Waals surface area (Å²) >= 11 is 1.84. The minimum atomic E-state index is -1.26. The topological polar surface area (TPSA) is 98.2 Å². The van der Waals surface area contributed by atoms with Crippen molar-refractivity contribution in [3.05, 3.63) is 71.3 Å². The average Bonchev–Trinajstić information content (AvgIpc) is 2.95. The fourth-order valence-corrected chi connectivity index (χ4v) is 4.92. The van der Waals surface area contributed by atoms with E-state index in [1.54, 1.807) is 0 Å². The Hall–Kier alpha value is -2.94. The SMILES string of the molecule is CN1CCN(C2Cc3ccccc3Sc3ccc(C=O)cc32)CC1.O=C(O)/C=C\C(=O)O. The molecule has 4 rings (SSSR count). The molecule has 1 fully saturated rings. The zero-order valence-electron chi connectivity index (χ0n) is 17.8. The van der Waals surface area contributed by atoms with Crippen LogP contribution in [0.25, 0.3) is 0 Å². The third kappa shape index (κ3) is 6.29. The van der Waals surface area contributed by atoms with Gasteiger partial charge in [-0.3, -0.25) is 9.69 Å². The Labute approximate surface area is 191 Å². The highest BCUT2D eigenvalue weighted by molar-refractivity contribution is 7.99. The number of carbonyl (C=O) groups excluding carboxylic acids is 1. The van der Waals surface area contributed by atoms with E-state index in [4.69, 9.17) is 10.2 Å². The normalized spacial score (nSPS) is 18.6. The van der Waals surface area contributed by atoms with Gasteiger partial charge in [-0.05, 0) is 42.8 Å². The van der Waals surface area contributed by atoms with Crippen molar-refractivity contribution in [1.29, 1.82) is 0 Å². The first-order valence-electron chi connectivity index (χ1n) is 10.3. The summed E-state index contributed by atoms with van der Waals surface area (Å²) in [5.74, 6) is -2.51. The summed E-state index contributed by atoms with van der Waals surface area (Å²) < 4.78 is 0. The van der Waals surface area contributed by atoms with Gasteiger partial charge in [0.1, 0.15) is 6.29 Å². The minimum Gasteiger partial charge on any atom is -0.478 e. The highest BCUT2D eigenvalue weighted by Crippen LogP contribution is 2.43. The molecular weight excluding hydrogens is 428 g/mol. The van der Waals surface area contributed by atoms with E-state index >= 15 is 0 Å². The average molecular weight is 455 g/mol. The molecule has 2 aromatic rings. The number of benzene rings is 2. The zero-order chi connectivity index (χ0) is 23.1. The van der Waals surface area contributed by atoms with Crippen LogP contribution < -0.4 is 0 Å². The number of carboxylic acid groups (broad SMARTS) is 2. The summed E-state index contributed by atoms with van der Waals surface area (Å²) in [7, 11) is 2.19. The number of hydrogen-bond donors (Lipinski definition) is 2. The smallest absolute Gasteiger partial charge is 0.328 e. The van der Waals surface area contributed by atoms with Crippen molar-refractivity contribution in [3.8, 4) is 0 Å². The molecule has 2 aliphatic heterocycles. The van der Waals surface area contributed by atoms with Crippen molar-refractivity contribution in [3.63, 3.8) is 0 Å². The molecular formula is C24H26N2O5S. The second kappa shape index (κ2) is 11.1. The highest BCUT2D eigenvalue weighted by atomic mass is 32.2. The lowest BCUT2D eigenvalue weighted by Crippen LogP contribution is -2.46. The van der Waals surface area contributed by atoms with Gasteiger partial charge in [-0.2, -0.15) is 0 Å². The number of aldehydes is 1. The molecule has 168 valence electrons. The molecule has 0 spiro atoms. The van der Waals surface area contributed by atoms with E-state index in [1.165, 1.54) is 20.9 Å². The molecule has 32 heavy (non-hydrogen) atoms. The number of fused-ring (bicyclic) bond motifs is 2. The standard InChI is InChI=1S/C20H22N2OS.C4H4O4/c1-21-8-10-22(11-9-21)18-13-16-4-2-3-5-19(16)24-20-7-6-15(14-23)12-17(18)20;5-3(6)1-2-4(7)8/h2-7,12,14,18H,8-11,13H2,1H3;1-2H,(H,5,6)(H,7,8)/b;2-1-. The number of hydrogen-bond acceptors (Lipinski definition) is 6. The van der Waals surface area contributed by atoms with Crippen LogP contribution in [0.5, 0.6) is 0 Å². The number of aliphatic carboxylic acids is 2. The number of carboxylic acids is 2. The molecule has 2 heterocycles. The maximum atomic E-state index is 11.3. The number of nitrogens with zero attached hydrogens (tertiary/aromatic N) is 2. The summed E-state index contributed by atoms with van der Waals surface area (Å²) in [6, 6.07) is 15.2. The Bertz CT molecular complexity index is 999. The molecule has 0 amide bonds. The fraction of sp³-hybridized carbons (Fsp3) is 0.292. The first kappa shape index (κ1) is 23.7. The zero-order valence-corrected chi connectivity index (χ0v) is 18.6. The third-order valence-corrected chi connectivity index (χ3v) is 6.69. The van der Waals surface area contributed by atoms with Gasteiger partial charge in [0.2, 0.25) is 0 Å². The Kier molecular flexibility index (Phi) is 8.21. The Morgan fingerprint density at radius 1 is 0.969 bits per heavy atom. The van der Waals surface area contributed by atoms with Gasteiger partial charge in [-0.15, -0.1) is 0 Å². The van der Waals surface area contributed by atoms with E-state index < -0.39 is 11.9 Å². The fourth-order valence-electron chi connectivity index (χ4n) is 3.80. The Morgan fingerprint density at radius 2 is 1.62 bits per heavy atom. The van der Waals surface area contributed by atoms with E-state index in [-0.39, 0.29) is 0 Å². The first-order valence-corrected chi connectivity index (χ1v) is 11.1. The van der Waals surface area contributed by atoms with E-state index in [9.17, 15) is 14.4 Å². The van der Waals surface area contributed by atoms with Crippen molar-refractivity contribution in [2.75, 3.05) is 33.2 Å². The molecule has 2 aromatic carbocycles. The van der Waals surface area contributed by atoms with E-state index in [0.29, 0.717) is 18.2 Å². The van der Waals surface area contributed by atoms with Gasteiger partial charge in [0.05, 0.1) is 0 Å². The van der Waals surface area contributed by atoms with Crippen LogP contribution in [0.4, 0.5) is 0 Å². The van der Waals surface area contributed by atoms with E-state index in [2.05, 4.69) is 53.2 Å². The van der Waals surface area contributed by atoms with Crippen LogP contribution in [0.1, 0.15) is 27.5 Å². The number of rotatable bonds is 4. The van der Waals surface area contributed by atoms with Gasteiger partial charge in [0, 0.05) is 59.7 Å². The van der Waals surface area contributed by atoms with Gasteiger partial charge >= 0.3 is 11.9 Å². The van der Waals surface area contributed by atoms with Crippen LogP contribution in [-0.4, -0.2) is 71.5 Å². The molecule has 0 radical (unpaired) electrons. The predicted octanol–water partition coefficient (Wildman–Crippen LogP) is 3.21. The number of piperazine rings is 1. The summed E-state index contributed by atoms with van der Waals surface area (Å²) in [6.45, 7) is 4.37. The summed E-state index contributed by atoms with van der Waals surface area (Å²) in [5, 5.41) is 15.6. The molecule has 7 nitrogen and oxygen atoms in total. The van der Waals surface area contributed by atoms with Crippen molar-refractivity contribution >= 4 is 30.0 Å². The van der Waals surface area contributed by atoms with E-state index in [1.807, 2.05) is 17.8 Å². The predicted molar refractivity (Wildman–Crippen MR) is 122 cm³/mol. The van der Waals surface area contributed by atoms with Gasteiger partial charge in [0.15, 0.2) is 0 Å². The minimum absolute atomic E-state index is 0.352. The molecule has 1 unspecified atom stereocenters. The maximum absolute atomic E-state index is 11.3. The van der Waals surface area contributed by atoms with E-state index in [0.717, 1.165) is 44.4 Å². The number of carbonyl (C=O) groups is 3. The van der Waals surface area contributed by atoms with Crippen molar-refractivity contribution in [2.24, 2.45) is 0 Å². The lowest BCUT2D eigenvalue weighted by Gasteiger charge is -2.38. The number of likely N-dealkylation sites (N-methyl/N-ethyl adjacent to an activating group) is 1. The van der Waals surface area contributed by atoms with Gasteiger partial charge in [-0.1, -0.05) is 36.0 Å².